The van der Waals surface area contributed by atoms with Crippen LogP contribution >= 0.6 is 0 Å². The molecule has 0 radical (unpaired) electrons. The zero-order valence-corrected chi connectivity index (χ0v) is 10.2. The van der Waals surface area contributed by atoms with Gasteiger partial charge in [-0.05, 0) is 24.3 Å². The van der Waals surface area contributed by atoms with Gasteiger partial charge in [-0.15, -0.1) is 0 Å². The molecule has 1 saturated carbocycles. The summed E-state index contributed by atoms with van der Waals surface area (Å²) in [6, 6.07) is 10.4. The Morgan fingerprint density at radius 1 is 1.41 bits per heavy atom. The van der Waals surface area contributed by atoms with Crippen molar-refractivity contribution in [3.05, 3.63) is 35.9 Å². The molecule has 0 saturated heterocycles. The summed E-state index contributed by atoms with van der Waals surface area (Å²) in [7, 11) is 0. The van der Waals surface area contributed by atoms with Crippen LogP contribution in [-0.2, 0) is 4.79 Å². The molecule has 3 heteroatoms. The van der Waals surface area contributed by atoms with Gasteiger partial charge in [-0.1, -0.05) is 37.3 Å². The van der Waals surface area contributed by atoms with E-state index in [4.69, 9.17) is 5.73 Å². The van der Waals surface area contributed by atoms with E-state index >= 15 is 0 Å². The first-order valence-electron chi connectivity index (χ1n) is 6.27. The van der Waals surface area contributed by atoms with E-state index in [9.17, 15) is 4.79 Å². The molecule has 1 aromatic rings. The number of rotatable bonds is 5. The van der Waals surface area contributed by atoms with E-state index < -0.39 is 0 Å². The second kappa shape index (κ2) is 5.32. The number of amides is 1. The maximum Gasteiger partial charge on any atom is 0.224 e. The van der Waals surface area contributed by atoms with Crippen LogP contribution in [0.3, 0.4) is 0 Å². The molecule has 1 fully saturated rings. The van der Waals surface area contributed by atoms with Crippen molar-refractivity contribution < 1.29 is 4.79 Å². The Morgan fingerprint density at radius 3 is 2.59 bits per heavy atom. The van der Waals surface area contributed by atoms with Crippen LogP contribution in [0.15, 0.2) is 30.3 Å². The molecule has 17 heavy (non-hydrogen) atoms. The Morgan fingerprint density at radius 2 is 2.06 bits per heavy atom. The number of carbonyl (C=O) groups is 1. The molecule has 0 heterocycles. The van der Waals surface area contributed by atoms with Crippen LogP contribution in [0.5, 0.6) is 0 Å². The van der Waals surface area contributed by atoms with Crippen molar-refractivity contribution in [2.75, 3.05) is 6.54 Å². The van der Waals surface area contributed by atoms with Gasteiger partial charge in [0.25, 0.3) is 0 Å². The normalized spacial score (nSPS) is 18.5. The molecule has 2 unspecified atom stereocenters. The molecule has 92 valence electrons. The van der Waals surface area contributed by atoms with Gasteiger partial charge in [0.05, 0.1) is 6.04 Å². The average Bonchev–Trinajstić information content (AvgIpc) is 3.20. The van der Waals surface area contributed by atoms with E-state index in [0.29, 0.717) is 12.5 Å². The number of hydrogen-bond acceptors (Lipinski definition) is 2. The quantitative estimate of drug-likeness (QED) is 0.814. The largest absolute Gasteiger partial charge is 0.349 e. The second-order valence-electron chi connectivity index (χ2n) is 4.87. The highest BCUT2D eigenvalue weighted by Gasteiger charge is 2.33. The third-order valence-corrected chi connectivity index (χ3v) is 3.35. The first kappa shape index (κ1) is 12.1. The highest BCUT2D eigenvalue weighted by Crippen LogP contribution is 2.40. The summed E-state index contributed by atoms with van der Waals surface area (Å²) < 4.78 is 0. The third-order valence-electron chi connectivity index (χ3n) is 3.35. The fourth-order valence-electron chi connectivity index (χ4n) is 1.97. The highest BCUT2D eigenvalue weighted by atomic mass is 16.1. The molecule has 3 nitrogen and oxygen atoms in total. The van der Waals surface area contributed by atoms with E-state index in [0.717, 1.165) is 0 Å². The first-order chi connectivity index (χ1) is 8.22. The van der Waals surface area contributed by atoms with Gasteiger partial charge in [-0.2, -0.15) is 0 Å². The minimum absolute atomic E-state index is 0.0632. The summed E-state index contributed by atoms with van der Waals surface area (Å²) in [6.07, 6.45) is 2.41. The van der Waals surface area contributed by atoms with Crippen molar-refractivity contribution >= 4 is 5.91 Å². The summed E-state index contributed by atoms with van der Waals surface area (Å²) >= 11 is 0. The van der Waals surface area contributed by atoms with Gasteiger partial charge >= 0.3 is 0 Å². The summed E-state index contributed by atoms with van der Waals surface area (Å²) in [4.78, 5) is 11.9. The van der Waals surface area contributed by atoms with Gasteiger partial charge in [0, 0.05) is 12.5 Å². The van der Waals surface area contributed by atoms with E-state index in [1.165, 1.54) is 18.4 Å². The van der Waals surface area contributed by atoms with Crippen molar-refractivity contribution in [1.82, 2.24) is 5.32 Å². The van der Waals surface area contributed by atoms with E-state index in [2.05, 4.69) is 17.4 Å². The number of nitrogens with one attached hydrogen (secondary N) is 1. The SMILES string of the molecule is CC(CN)C(=O)NC(c1ccccc1)C1CC1. The fraction of sp³-hybridized carbons (Fsp3) is 0.500. The lowest BCUT2D eigenvalue weighted by atomic mass is 10.0. The Labute approximate surface area is 102 Å². The Balaban J connectivity index is 2.06. The molecule has 3 N–H and O–H groups in total. The lowest BCUT2D eigenvalue weighted by molar-refractivity contribution is -0.125. The standard InChI is InChI=1S/C14H20N2O/c1-10(9-15)14(17)16-13(12-7-8-12)11-5-3-2-4-6-11/h2-6,10,12-13H,7-9,15H2,1H3,(H,16,17). The molecule has 1 aromatic carbocycles. The topological polar surface area (TPSA) is 55.1 Å². The second-order valence-corrected chi connectivity index (χ2v) is 4.87. The van der Waals surface area contributed by atoms with Crippen LogP contribution in [0, 0.1) is 11.8 Å². The number of hydrogen-bond donors (Lipinski definition) is 2. The number of benzene rings is 1. The minimum atomic E-state index is -0.111. The molecule has 0 aliphatic heterocycles. The third kappa shape index (κ3) is 3.07. The fourth-order valence-corrected chi connectivity index (χ4v) is 1.97. The van der Waals surface area contributed by atoms with Crippen molar-refractivity contribution in [3.63, 3.8) is 0 Å². The lowest BCUT2D eigenvalue weighted by Gasteiger charge is -2.20. The first-order valence-corrected chi connectivity index (χ1v) is 6.27. The minimum Gasteiger partial charge on any atom is -0.349 e. The summed E-state index contributed by atoms with van der Waals surface area (Å²) in [5.41, 5.74) is 6.72. The highest BCUT2D eigenvalue weighted by molar-refractivity contribution is 5.79. The van der Waals surface area contributed by atoms with Crippen LogP contribution in [0.4, 0.5) is 0 Å². The predicted molar refractivity (Wildman–Crippen MR) is 68.3 cm³/mol. The summed E-state index contributed by atoms with van der Waals surface area (Å²) in [5, 5.41) is 3.13. The van der Waals surface area contributed by atoms with Crippen molar-refractivity contribution in [2.45, 2.75) is 25.8 Å². The summed E-state index contributed by atoms with van der Waals surface area (Å²) in [6.45, 7) is 2.27. The van der Waals surface area contributed by atoms with Gasteiger partial charge in [0.1, 0.15) is 0 Å². The molecule has 0 spiro atoms. The zero-order valence-electron chi connectivity index (χ0n) is 10.2. The monoisotopic (exact) mass is 232 g/mol. The molecule has 2 rings (SSSR count). The maximum absolute atomic E-state index is 11.9. The Hall–Kier alpha value is -1.35. The maximum atomic E-state index is 11.9. The van der Waals surface area contributed by atoms with Crippen LogP contribution in [0.1, 0.15) is 31.4 Å². The van der Waals surface area contributed by atoms with E-state index in [1.807, 2.05) is 25.1 Å². The van der Waals surface area contributed by atoms with E-state index in [1.54, 1.807) is 0 Å². The molecule has 1 aliphatic carbocycles. The molecule has 1 amide bonds. The van der Waals surface area contributed by atoms with Gasteiger partial charge < -0.3 is 11.1 Å². The van der Waals surface area contributed by atoms with Crippen LogP contribution in [0.2, 0.25) is 0 Å². The Kier molecular flexibility index (Phi) is 3.79. The molecule has 0 bridgehead atoms. The lowest BCUT2D eigenvalue weighted by Crippen LogP contribution is -2.36. The van der Waals surface area contributed by atoms with Crippen molar-refractivity contribution in [3.8, 4) is 0 Å². The summed E-state index contributed by atoms with van der Waals surface area (Å²) in [5.74, 6) is 0.555. The van der Waals surface area contributed by atoms with Crippen LogP contribution in [-0.4, -0.2) is 12.5 Å². The number of nitrogens with two attached hydrogens (primary N) is 1. The molecule has 0 aromatic heterocycles. The van der Waals surface area contributed by atoms with Gasteiger partial charge in [-0.25, -0.2) is 0 Å². The van der Waals surface area contributed by atoms with Gasteiger partial charge in [-0.3, -0.25) is 4.79 Å². The molecule has 1 aliphatic rings. The molecule has 2 atom stereocenters. The van der Waals surface area contributed by atoms with Crippen LogP contribution < -0.4 is 11.1 Å². The van der Waals surface area contributed by atoms with Crippen molar-refractivity contribution in [1.29, 1.82) is 0 Å². The zero-order chi connectivity index (χ0) is 12.3. The molecular formula is C14H20N2O. The molecular weight excluding hydrogens is 212 g/mol. The van der Waals surface area contributed by atoms with Crippen LogP contribution in [0.25, 0.3) is 0 Å². The van der Waals surface area contributed by atoms with Gasteiger partial charge in [0.2, 0.25) is 5.91 Å². The van der Waals surface area contributed by atoms with Gasteiger partial charge in [0.15, 0.2) is 0 Å². The van der Waals surface area contributed by atoms with Crippen molar-refractivity contribution in [2.24, 2.45) is 17.6 Å². The Bertz CT molecular complexity index is 373. The predicted octanol–water partition coefficient (Wildman–Crippen LogP) is 1.85. The average molecular weight is 232 g/mol. The number of carbonyl (C=O) groups excluding carboxylic acids is 1. The smallest absolute Gasteiger partial charge is 0.224 e. The van der Waals surface area contributed by atoms with E-state index in [-0.39, 0.29) is 17.9 Å².